The minimum Gasteiger partial charge on any atom is -0.478 e. The number of carbonyl (C=O) groups is 2. The summed E-state index contributed by atoms with van der Waals surface area (Å²) in [4.78, 5) is 19.1. The Morgan fingerprint density at radius 3 is 1.71 bits per heavy atom. The van der Waals surface area contributed by atoms with Crippen LogP contribution in [0.3, 0.4) is 0 Å². The molecular weight excluding hydrogens is 354 g/mol. The Hall–Kier alpha value is -3.18. The summed E-state index contributed by atoms with van der Waals surface area (Å²) in [5.74, 6) is -2.51. The maximum atomic E-state index is 9.55. The van der Waals surface area contributed by atoms with E-state index in [4.69, 9.17) is 10.2 Å². The highest BCUT2D eigenvalue weighted by Crippen LogP contribution is 2.41. The van der Waals surface area contributed by atoms with Crippen LogP contribution in [0.5, 0.6) is 0 Å². The molecule has 0 aromatic heterocycles. The van der Waals surface area contributed by atoms with E-state index in [1.165, 1.54) is 11.1 Å². The van der Waals surface area contributed by atoms with E-state index < -0.39 is 11.9 Å². The second-order valence-corrected chi connectivity index (χ2v) is 6.51. The first-order valence-electron chi connectivity index (χ1n) is 9.09. The number of allylic oxidation sites excluding steroid dienone is 1. The average molecular weight is 379 g/mol. The van der Waals surface area contributed by atoms with Gasteiger partial charge in [-0.3, -0.25) is 0 Å². The molecule has 0 saturated carbocycles. The van der Waals surface area contributed by atoms with Crippen molar-refractivity contribution < 1.29 is 19.8 Å². The second-order valence-electron chi connectivity index (χ2n) is 6.51. The van der Waals surface area contributed by atoms with Crippen LogP contribution >= 0.6 is 0 Å². The van der Waals surface area contributed by atoms with E-state index in [0.717, 1.165) is 12.8 Å². The lowest BCUT2D eigenvalue weighted by molar-refractivity contribution is -0.134. The molecule has 0 heterocycles. The first-order chi connectivity index (χ1) is 13.5. The van der Waals surface area contributed by atoms with Gasteiger partial charge in [0.05, 0.1) is 0 Å². The number of rotatable bonds is 5. The summed E-state index contributed by atoms with van der Waals surface area (Å²) in [5.41, 5.74) is 2.80. The van der Waals surface area contributed by atoms with Crippen molar-refractivity contribution in [2.75, 3.05) is 7.05 Å². The quantitative estimate of drug-likeness (QED) is 0.546. The fourth-order valence-corrected chi connectivity index (χ4v) is 3.35. The average Bonchev–Trinajstić information content (AvgIpc) is 2.74. The van der Waals surface area contributed by atoms with E-state index in [0.29, 0.717) is 18.2 Å². The number of carboxylic acid groups (broad SMARTS) is 2. The minimum atomic E-state index is -1.26. The van der Waals surface area contributed by atoms with Crippen LogP contribution in [0.4, 0.5) is 0 Å². The van der Waals surface area contributed by atoms with Gasteiger partial charge in [0.1, 0.15) is 0 Å². The highest BCUT2D eigenvalue weighted by molar-refractivity contribution is 5.89. The summed E-state index contributed by atoms with van der Waals surface area (Å²) in [5, 5.41) is 19.0. The Bertz CT molecular complexity index is 773. The number of nitrogens with one attached hydrogen (secondary N) is 1. The van der Waals surface area contributed by atoms with Crippen LogP contribution in [0.25, 0.3) is 0 Å². The molecule has 3 N–H and O–H groups in total. The van der Waals surface area contributed by atoms with E-state index in [-0.39, 0.29) is 5.41 Å². The minimum absolute atomic E-state index is 0.0237. The summed E-state index contributed by atoms with van der Waals surface area (Å²) >= 11 is 0. The molecule has 2 aromatic carbocycles. The lowest BCUT2D eigenvalue weighted by Crippen LogP contribution is -2.35. The molecule has 0 aliphatic heterocycles. The Morgan fingerprint density at radius 1 is 0.929 bits per heavy atom. The van der Waals surface area contributed by atoms with Crippen LogP contribution in [0.15, 0.2) is 85.0 Å². The van der Waals surface area contributed by atoms with Crippen LogP contribution in [-0.4, -0.2) is 35.2 Å². The molecule has 1 aliphatic rings. The van der Waals surface area contributed by atoms with Crippen LogP contribution in [0.2, 0.25) is 0 Å². The Balaban J connectivity index is 0.000000300. The van der Waals surface area contributed by atoms with Gasteiger partial charge in [-0.2, -0.15) is 0 Å². The highest BCUT2D eigenvalue weighted by Gasteiger charge is 2.34. The largest absolute Gasteiger partial charge is 0.478 e. The third kappa shape index (κ3) is 5.66. The molecule has 0 radical (unpaired) electrons. The zero-order valence-electron chi connectivity index (χ0n) is 15.8. The van der Waals surface area contributed by atoms with Crippen LogP contribution in [0.1, 0.15) is 24.0 Å². The smallest absolute Gasteiger partial charge is 0.328 e. The standard InChI is InChI=1S/C19H21N.C4H4O4/c1-20-18-12-14-19(15-13-18,16-8-4-2-5-9-16)17-10-6-3-7-11-17;5-3(6)1-2-4(7)8/h2-12,14,18,20H,13,15H2,1H3;1-2H,(H,5,6)(H,7,8)/b;2-1+. The van der Waals surface area contributed by atoms with Crippen molar-refractivity contribution in [2.45, 2.75) is 24.3 Å². The summed E-state index contributed by atoms with van der Waals surface area (Å²) < 4.78 is 0. The van der Waals surface area contributed by atoms with Crippen molar-refractivity contribution >= 4 is 11.9 Å². The van der Waals surface area contributed by atoms with Gasteiger partial charge >= 0.3 is 11.9 Å². The third-order valence-electron chi connectivity index (χ3n) is 4.78. The predicted octanol–water partition coefficient (Wildman–Crippen LogP) is 3.62. The van der Waals surface area contributed by atoms with Crippen molar-refractivity contribution in [3.63, 3.8) is 0 Å². The fraction of sp³-hybridized carbons (Fsp3) is 0.217. The molecule has 0 amide bonds. The zero-order chi connectivity index (χ0) is 20.4. The van der Waals surface area contributed by atoms with E-state index in [9.17, 15) is 9.59 Å². The Kier molecular flexibility index (Phi) is 7.72. The molecular formula is C23H25NO4. The molecule has 5 heteroatoms. The van der Waals surface area contributed by atoms with Gasteiger partial charge in [-0.15, -0.1) is 0 Å². The van der Waals surface area contributed by atoms with E-state index in [2.05, 4.69) is 78.1 Å². The molecule has 0 saturated heterocycles. The molecule has 1 unspecified atom stereocenters. The van der Waals surface area contributed by atoms with Gasteiger partial charge < -0.3 is 15.5 Å². The van der Waals surface area contributed by atoms with Crippen molar-refractivity contribution in [1.82, 2.24) is 5.32 Å². The molecule has 2 aromatic rings. The summed E-state index contributed by atoms with van der Waals surface area (Å²) in [6.07, 6.45) is 8.14. The summed E-state index contributed by atoms with van der Waals surface area (Å²) in [6, 6.07) is 22.2. The topological polar surface area (TPSA) is 86.6 Å². The van der Waals surface area contributed by atoms with Gasteiger partial charge in [0.25, 0.3) is 0 Å². The van der Waals surface area contributed by atoms with E-state index in [1.807, 2.05) is 7.05 Å². The van der Waals surface area contributed by atoms with E-state index >= 15 is 0 Å². The molecule has 1 aliphatic carbocycles. The number of likely N-dealkylation sites (N-methyl/N-ethyl adjacent to an activating group) is 1. The van der Waals surface area contributed by atoms with Gasteiger partial charge in [0.15, 0.2) is 0 Å². The number of aliphatic carboxylic acids is 2. The van der Waals surface area contributed by atoms with E-state index in [1.54, 1.807) is 0 Å². The predicted molar refractivity (Wildman–Crippen MR) is 109 cm³/mol. The fourth-order valence-electron chi connectivity index (χ4n) is 3.35. The maximum absolute atomic E-state index is 9.55. The Labute approximate surface area is 165 Å². The molecule has 0 bridgehead atoms. The van der Waals surface area contributed by atoms with Crippen molar-refractivity contribution in [1.29, 1.82) is 0 Å². The molecule has 146 valence electrons. The number of hydrogen-bond acceptors (Lipinski definition) is 3. The third-order valence-corrected chi connectivity index (χ3v) is 4.78. The SMILES string of the molecule is CNC1C=CC(c2ccccc2)(c2ccccc2)CC1.O=C(O)/C=C/C(=O)O. The summed E-state index contributed by atoms with van der Waals surface area (Å²) in [7, 11) is 2.03. The first-order valence-corrected chi connectivity index (χ1v) is 9.09. The molecule has 0 spiro atoms. The molecule has 5 nitrogen and oxygen atoms in total. The van der Waals surface area contributed by atoms with Crippen LogP contribution in [0, 0.1) is 0 Å². The number of hydrogen-bond donors (Lipinski definition) is 3. The number of carboxylic acids is 2. The van der Waals surface area contributed by atoms with Crippen LogP contribution < -0.4 is 5.32 Å². The first kappa shape index (κ1) is 21.1. The summed E-state index contributed by atoms with van der Waals surface area (Å²) in [6.45, 7) is 0. The van der Waals surface area contributed by atoms with Crippen LogP contribution in [-0.2, 0) is 15.0 Å². The van der Waals surface area contributed by atoms with Crippen molar-refractivity contribution in [2.24, 2.45) is 0 Å². The molecule has 3 rings (SSSR count). The van der Waals surface area contributed by atoms with Gasteiger partial charge in [-0.1, -0.05) is 72.8 Å². The molecule has 0 fully saturated rings. The Morgan fingerprint density at radius 2 is 1.39 bits per heavy atom. The van der Waals surface area contributed by atoms with Crippen molar-refractivity contribution in [3.05, 3.63) is 96.1 Å². The van der Waals surface area contributed by atoms with Gasteiger partial charge in [-0.25, -0.2) is 9.59 Å². The maximum Gasteiger partial charge on any atom is 0.328 e. The molecule has 1 atom stereocenters. The monoisotopic (exact) mass is 379 g/mol. The second kappa shape index (κ2) is 10.2. The lowest BCUT2D eigenvalue weighted by atomic mass is 9.68. The molecule has 28 heavy (non-hydrogen) atoms. The van der Waals surface area contributed by atoms with Gasteiger partial charge in [-0.05, 0) is 31.0 Å². The zero-order valence-corrected chi connectivity index (χ0v) is 15.8. The lowest BCUT2D eigenvalue weighted by Gasteiger charge is -2.37. The van der Waals surface area contributed by atoms with Gasteiger partial charge in [0, 0.05) is 23.6 Å². The number of benzene rings is 2. The normalized spacial score (nSPS) is 17.5. The van der Waals surface area contributed by atoms with Crippen molar-refractivity contribution in [3.8, 4) is 0 Å². The highest BCUT2D eigenvalue weighted by atomic mass is 16.4. The van der Waals surface area contributed by atoms with Gasteiger partial charge in [0.2, 0.25) is 0 Å².